The quantitative estimate of drug-likeness (QED) is 0.741. The van der Waals surface area contributed by atoms with Crippen LogP contribution in [0.1, 0.15) is 31.2 Å². The second-order valence-electron chi connectivity index (χ2n) is 3.84. The lowest BCUT2D eigenvalue weighted by molar-refractivity contribution is 0.844. The van der Waals surface area contributed by atoms with Crippen molar-refractivity contribution in [2.75, 3.05) is 5.73 Å². The Morgan fingerprint density at radius 2 is 2.29 bits per heavy atom. The Labute approximate surface area is 84.9 Å². The Bertz CT molecular complexity index is 342. The summed E-state index contributed by atoms with van der Waals surface area (Å²) in [6, 6.07) is 4.02. The van der Waals surface area contributed by atoms with Crippen LogP contribution in [0.4, 0.5) is 5.82 Å². The van der Waals surface area contributed by atoms with Gasteiger partial charge in [0.05, 0.1) is 0 Å². The lowest BCUT2D eigenvalue weighted by Gasteiger charge is -2.02. The summed E-state index contributed by atoms with van der Waals surface area (Å²) in [5.41, 5.74) is 8.52. The largest absolute Gasteiger partial charge is 0.384 e. The van der Waals surface area contributed by atoms with E-state index in [9.17, 15) is 0 Å². The summed E-state index contributed by atoms with van der Waals surface area (Å²) in [5, 5.41) is 0. The van der Waals surface area contributed by atoms with Gasteiger partial charge in [-0.15, -0.1) is 0 Å². The molecule has 1 heterocycles. The van der Waals surface area contributed by atoms with E-state index in [2.05, 4.69) is 11.1 Å². The molecule has 0 saturated carbocycles. The number of nitrogens with zero attached hydrogens (tertiary/aromatic N) is 1. The molecular formula is C12H16N2. The van der Waals surface area contributed by atoms with E-state index in [4.69, 9.17) is 5.73 Å². The van der Waals surface area contributed by atoms with Gasteiger partial charge in [0.1, 0.15) is 5.82 Å². The zero-order chi connectivity index (χ0) is 9.80. The first-order valence-corrected chi connectivity index (χ1v) is 5.23. The minimum Gasteiger partial charge on any atom is -0.384 e. The predicted molar refractivity (Wildman–Crippen MR) is 58.9 cm³/mol. The number of allylic oxidation sites excluding steroid dienone is 2. The van der Waals surface area contributed by atoms with E-state index in [0.717, 1.165) is 6.42 Å². The number of rotatable bonds is 3. The average molecular weight is 188 g/mol. The van der Waals surface area contributed by atoms with Gasteiger partial charge in [0.15, 0.2) is 0 Å². The first kappa shape index (κ1) is 9.25. The van der Waals surface area contributed by atoms with E-state index in [1.807, 2.05) is 12.1 Å². The van der Waals surface area contributed by atoms with Crippen molar-refractivity contribution in [1.29, 1.82) is 0 Å². The van der Waals surface area contributed by atoms with Crippen LogP contribution >= 0.6 is 0 Å². The lowest BCUT2D eigenvalue weighted by atomic mass is 10.1. The highest BCUT2D eigenvalue weighted by Crippen LogP contribution is 2.22. The molecule has 0 spiro atoms. The smallest absolute Gasteiger partial charge is 0.123 e. The zero-order valence-corrected chi connectivity index (χ0v) is 8.37. The third-order valence-corrected chi connectivity index (χ3v) is 2.72. The fourth-order valence-corrected chi connectivity index (χ4v) is 1.92. The Balaban J connectivity index is 1.91. The van der Waals surface area contributed by atoms with E-state index in [1.54, 1.807) is 11.8 Å². The van der Waals surface area contributed by atoms with Crippen molar-refractivity contribution in [3.05, 3.63) is 35.5 Å². The monoisotopic (exact) mass is 188 g/mol. The first-order chi connectivity index (χ1) is 6.84. The minimum atomic E-state index is 0.628. The fraction of sp³-hybridized carbons (Fsp3) is 0.417. The van der Waals surface area contributed by atoms with Crippen LogP contribution in [-0.2, 0) is 6.42 Å². The first-order valence-electron chi connectivity index (χ1n) is 5.23. The molecule has 1 aromatic rings. The van der Waals surface area contributed by atoms with E-state index in [-0.39, 0.29) is 0 Å². The Kier molecular flexibility index (Phi) is 2.82. The predicted octanol–water partition coefficient (Wildman–Crippen LogP) is 2.71. The van der Waals surface area contributed by atoms with Crippen molar-refractivity contribution in [2.45, 2.75) is 32.1 Å². The molecule has 1 aromatic heterocycles. The molecule has 2 nitrogen and oxygen atoms in total. The van der Waals surface area contributed by atoms with Gasteiger partial charge >= 0.3 is 0 Å². The molecule has 2 rings (SSSR count). The third-order valence-electron chi connectivity index (χ3n) is 2.72. The molecule has 0 aromatic carbocycles. The van der Waals surface area contributed by atoms with E-state index in [1.165, 1.54) is 31.2 Å². The van der Waals surface area contributed by atoms with E-state index >= 15 is 0 Å². The molecule has 74 valence electrons. The molecule has 0 bridgehead atoms. The van der Waals surface area contributed by atoms with Crippen LogP contribution in [0.25, 0.3) is 0 Å². The van der Waals surface area contributed by atoms with Crippen LogP contribution in [0.2, 0.25) is 0 Å². The van der Waals surface area contributed by atoms with Gasteiger partial charge in [-0.2, -0.15) is 0 Å². The van der Waals surface area contributed by atoms with Crippen molar-refractivity contribution in [1.82, 2.24) is 4.98 Å². The van der Waals surface area contributed by atoms with Crippen LogP contribution in [0.5, 0.6) is 0 Å². The third kappa shape index (κ3) is 2.34. The highest BCUT2D eigenvalue weighted by Gasteiger charge is 2.04. The summed E-state index contributed by atoms with van der Waals surface area (Å²) >= 11 is 0. The normalized spacial score (nSPS) is 15.6. The molecule has 2 heteroatoms. The standard InChI is InChI=1S/C12H16N2/c13-12-9-11(7-8-14-12)6-5-10-3-1-2-4-10/h3,7-9H,1-2,4-6H2,(H2,13,14). The summed E-state index contributed by atoms with van der Waals surface area (Å²) in [6.45, 7) is 0. The summed E-state index contributed by atoms with van der Waals surface area (Å²) in [7, 11) is 0. The number of anilines is 1. The maximum Gasteiger partial charge on any atom is 0.123 e. The lowest BCUT2D eigenvalue weighted by Crippen LogP contribution is -1.93. The molecule has 1 aliphatic carbocycles. The van der Waals surface area contributed by atoms with Gasteiger partial charge in [0.2, 0.25) is 0 Å². The number of aryl methyl sites for hydroxylation is 1. The Morgan fingerprint density at radius 3 is 3.00 bits per heavy atom. The Hall–Kier alpha value is -1.31. The van der Waals surface area contributed by atoms with Gasteiger partial charge in [-0.1, -0.05) is 11.6 Å². The SMILES string of the molecule is Nc1cc(CCC2=CCCC2)ccn1. The van der Waals surface area contributed by atoms with Gasteiger partial charge in [-0.25, -0.2) is 4.98 Å². The highest BCUT2D eigenvalue weighted by atomic mass is 14.8. The number of aromatic nitrogens is 1. The van der Waals surface area contributed by atoms with E-state index < -0.39 is 0 Å². The molecule has 0 atom stereocenters. The number of nitrogen functional groups attached to an aromatic ring is 1. The molecule has 2 N–H and O–H groups in total. The molecule has 0 saturated heterocycles. The van der Waals surface area contributed by atoms with Crippen molar-refractivity contribution in [2.24, 2.45) is 0 Å². The van der Waals surface area contributed by atoms with Gasteiger partial charge in [-0.05, 0) is 49.8 Å². The minimum absolute atomic E-state index is 0.628. The molecule has 0 radical (unpaired) electrons. The second kappa shape index (κ2) is 4.27. The number of hydrogen-bond acceptors (Lipinski definition) is 2. The van der Waals surface area contributed by atoms with Gasteiger partial charge in [-0.3, -0.25) is 0 Å². The number of hydrogen-bond donors (Lipinski definition) is 1. The fourth-order valence-electron chi connectivity index (χ4n) is 1.92. The van der Waals surface area contributed by atoms with Crippen LogP contribution < -0.4 is 5.73 Å². The van der Waals surface area contributed by atoms with Crippen molar-refractivity contribution in [3.8, 4) is 0 Å². The molecule has 0 amide bonds. The van der Waals surface area contributed by atoms with Crippen LogP contribution in [-0.4, -0.2) is 4.98 Å². The molecular weight excluding hydrogens is 172 g/mol. The van der Waals surface area contributed by atoms with Crippen molar-refractivity contribution in [3.63, 3.8) is 0 Å². The second-order valence-corrected chi connectivity index (χ2v) is 3.84. The maximum atomic E-state index is 5.62. The van der Waals surface area contributed by atoms with Crippen molar-refractivity contribution >= 4 is 5.82 Å². The average Bonchev–Trinajstić information content (AvgIpc) is 2.67. The summed E-state index contributed by atoms with van der Waals surface area (Å²) < 4.78 is 0. The number of nitrogens with two attached hydrogens (primary N) is 1. The summed E-state index contributed by atoms with van der Waals surface area (Å²) in [6.07, 6.45) is 10.3. The van der Waals surface area contributed by atoms with Gasteiger partial charge < -0.3 is 5.73 Å². The van der Waals surface area contributed by atoms with Crippen LogP contribution in [0.15, 0.2) is 30.0 Å². The van der Waals surface area contributed by atoms with Gasteiger partial charge in [0, 0.05) is 6.20 Å². The molecule has 1 aliphatic rings. The van der Waals surface area contributed by atoms with Crippen molar-refractivity contribution < 1.29 is 0 Å². The molecule has 0 aliphatic heterocycles. The molecule has 0 unspecified atom stereocenters. The topological polar surface area (TPSA) is 38.9 Å². The summed E-state index contributed by atoms with van der Waals surface area (Å²) in [5.74, 6) is 0.628. The zero-order valence-electron chi connectivity index (χ0n) is 8.37. The van der Waals surface area contributed by atoms with Crippen LogP contribution in [0, 0.1) is 0 Å². The Morgan fingerprint density at radius 1 is 1.36 bits per heavy atom. The molecule has 0 fully saturated rings. The summed E-state index contributed by atoms with van der Waals surface area (Å²) in [4.78, 5) is 3.98. The van der Waals surface area contributed by atoms with E-state index in [0.29, 0.717) is 5.82 Å². The van der Waals surface area contributed by atoms with Gasteiger partial charge in [0.25, 0.3) is 0 Å². The molecule has 14 heavy (non-hydrogen) atoms. The maximum absolute atomic E-state index is 5.62. The number of pyridine rings is 1. The highest BCUT2D eigenvalue weighted by molar-refractivity contribution is 5.32. The van der Waals surface area contributed by atoms with Crippen LogP contribution in [0.3, 0.4) is 0 Å².